The maximum atomic E-state index is 5.48. The van der Waals surface area contributed by atoms with Crippen LogP contribution in [0.15, 0.2) is 0 Å². The Hall–Kier alpha value is 0.400. The van der Waals surface area contributed by atoms with Crippen molar-refractivity contribution in [2.45, 2.75) is 57.2 Å². The third-order valence-electron chi connectivity index (χ3n) is 3.76. The van der Waals surface area contributed by atoms with E-state index in [0.29, 0.717) is 12.1 Å². The number of alkyl halides is 1. The van der Waals surface area contributed by atoms with Gasteiger partial charge in [-0.25, -0.2) is 0 Å². The van der Waals surface area contributed by atoms with Gasteiger partial charge in [0.15, 0.2) is 0 Å². The van der Waals surface area contributed by atoms with E-state index in [-0.39, 0.29) is 5.54 Å². The fraction of sp³-hybridized carbons (Fsp3) is 1.00. The molecule has 1 fully saturated rings. The second kappa shape index (κ2) is 5.65. The van der Waals surface area contributed by atoms with E-state index in [9.17, 15) is 0 Å². The smallest absolute Gasteiger partial charge is 0.0586 e. The monoisotopic (exact) mass is 277 g/mol. The van der Waals surface area contributed by atoms with Crippen LogP contribution in [0.25, 0.3) is 0 Å². The van der Waals surface area contributed by atoms with Crippen LogP contribution in [0.1, 0.15) is 39.5 Å². The van der Waals surface area contributed by atoms with E-state index in [0.717, 1.165) is 5.33 Å². The van der Waals surface area contributed by atoms with Gasteiger partial charge in [-0.1, -0.05) is 15.9 Å². The number of halogens is 1. The van der Waals surface area contributed by atoms with Gasteiger partial charge in [-0.3, -0.25) is 4.90 Å². The van der Waals surface area contributed by atoms with E-state index >= 15 is 0 Å². The molecular weight excluding hydrogens is 254 g/mol. The van der Waals surface area contributed by atoms with Crippen LogP contribution in [0.4, 0.5) is 0 Å². The first-order valence-electron chi connectivity index (χ1n) is 5.83. The van der Waals surface area contributed by atoms with Gasteiger partial charge in [0.1, 0.15) is 0 Å². The van der Waals surface area contributed by atoms with Gasteiger partial charge in [-0.05, 0) is 46.6 Å². The standard InChI is InChI=1S/C12H24BrNO/c1-12(2,9-13)14(3)10-6-5-7-11(8-10)15-4/h10-11H,5-9H2,1-4H3. The Bertz CT molecular complexity index is 196. The maximum Gasteiger partial charge on any atom is 0.0586 e. The summed E-state index contributed by atoms with van der Waals surface area (Å²) in [5.41, 5.74) is 0.236. The molecule has 2 unspecified atom stereocenters. The predicted molar refractivity (Wildman–Crippen MR) is 68.7 cm³/mol. The Morgan fingerprint density at radius 3 is 2.60 bits per heavy atom. The third kappa shape index (κ3) is 3.43. The zero-order chi connectivity index (χ0) is 11.5. The van der Waals surface area contributed by atoms with E-state index < -0.39 is 0 Å². The van der Waals surface area contributed by atoms with Gasteiger partial charge in [0, 0.05) is 24.0 Å². The molecule has 0 aromatic heterocycles. The lowest BCUT2D eigenvalue weighted by Gasteiger charge is -2.43. The van der Waals surface area contributed by atoms with Gasteiger partial charge in [-0.2, -0.15) is 0 Å². The van der Waals surface area contributed by atoms with Crippen molar-refractivity contribution in [1.82, 2.24) is 4.90 Å². The van der Waals surface area contributed by atoms with Crippen LogP contribution in [0, 0.1) is 0 Å². The topological polar surface area (TPSA) is 12.5 Å². The zero-order valence-electron chi connectivity index (χ0n) is 10.4. The summed E-state index contributed by atoms with van der Waals surface area (Å²) in [6.45, 7) is 4.58. The average Bonchev–Trinajstić information content (AvgIpc) is 2.28. The summed E-state index contributed by atoms with van der Waals surface area (Å²) in [5, 5.41) is 1.02. The third-order valence-corrected chi connectivity index (χ3v) is 5.13. The van der Waals surface area contributed by atoms with Crippen molar-refractivity contribution in [3.63, 3.8) is 0 Å². The highest BCUT2D eigenvalue weighted by atomic mass is 79.9. The Kier molecular flexibility index (Phi) is 5.07. The minimum Gasteiger partial charge on any atom is -0.381 e. The summed E-state index contributed by atoms with van der Waals surface area (Å²) < 4.78 is 5.48. The van der Waals surface area contributed by atoms with Crippen LogP contribution < -0.4 is 0 Å². The quantitative estimate of drug-likeness (QED) is 0.733. The molecule has 0 N–H and O–H groups in total. The van der Waals surface area contributed by atoms with Gasteiger partial charge in [0.05, 0.1) is 6.10 Å². The molecule has 0 saturated heterocycles. The van der Waals surface area contributed by atoms with Crippen molar-refractivity contribution in [2.24, 2.45) is 0 Å². The van der Waals surface area contributed by atoms with Crippen molar-refractivity contribution >= 4 is 15.9 Å². The molecular formula is C12H24BrNO. The molecule has 0 aromatic carbocycles. The minimum absolute atomic E-state index is 0.236. The maximum absolute atomic E-state index is 5.48. The summed E-state index contributed by atoms with van der Waals surface area (Å²) >= 11 is 3.60. The molecule has 0 aromatic rings. The Morgan fingerprint density at radius 1 is 1.40 bits per heavy atom. The van der Waals surface area contributed by atoms with Crippen LogP contribution in [0.5, 0.6) is 0 Å². The molecule has 0 amide bonds. The number of nitrogens with zero attached hydrogens (tertiary/aromatic N) is 1. The number of methoxy groups -OCH3 is 1. The first kappa shape index (κ1) is 13.5. The van der Waals surface area contributed by atoms with E-state index in [1.807, 2.05) is 7.11 Å². The van der Waals surface area contributed by atoms with Gasteiger partial charge in [0.2, 0.25) is 0 Å². The van der Waals surface area contributed by atoms with Crippen LogP contribution in [0.3, 0.4) is 0 Å². The summed E-state index contributed by atoms with van der Waals surface area (Å²) in [6.07, 6.45) is 5.50. The Labute approximate surface area is 102 Å². The number of rotatable bonds is 4. The highest BCUT2D eigenvalue weighted by Gasteiger charge is 2.32. The molecule has 15 heavy (non-hydrogen) atoms. The van der Waals surface area contributed by atoms with Gasteiger partial charge in [0.25, 0.3) is 0 Å². The molecule has 2 atom stereocenters. The van der Waals surface area contributed by atoms with Gasteiger partial charge in [-0.15, -0.1) is 0 Å². The molecule has 1 rings (SSSR count). The summed E-state index contributed by atoms with van der Waals surface area (Å²) in [5.74, 6) is 0. The molecule has 1 saturated carbocycles. The van der Waals surface area contributed by atoms with Crippen molar-refractivity contribution in [2.75, 3.05) is 19.5 Å². The molecule has 3 heteroatoms. The SMILES string of the molecule is COC1CCCC(N(C)C(C)(C)CBr)C1. The van der Waals surface area contributed by atoms with E-state index in [4.69, 9.17) is 4.74 Å². The lowest BCUT2D eigenvalue weighted by Crippen LogP contribution is -2.50. The van der Waals surface area contributed by atoms with Gasteiger partial charge < -0.3 is 4.74 Å². The molecule has 0 heterocycles. The first-order chi connectivity index (χ1) is 7.01. The molecule has 90 valence electrons. The fourth-order valence-electron chi connectivity index (χ4n) is 2.27. The van der Waals surface area contributed by atoms with E-state index in [1.54, 1.807) is 0 Å². The lowest BCUT2D eigenvalue weighted by atomic mass is 9.89. The summed E-state index contributed by atoms with van der Waals surface area (Å²) in [4.78, 5) is 2.51. The zero-order valence-corrected chi connectivity index (χ0v) is 12.0. The van der Waals surface area contributed by atoms with Crippen LogP contribution in [0.2, 0.25) is 0 Å². The number of ether oxygens (including phenoxy) is 1. The molecule has 2 nitrogen and oxygen atoms in total. The van der Waals surface area contributed by atoms with Crippen molar-refractivity contribution in [3.05, 3.63) is 0 Å². The molecule has 0 bridgehead atoms. The van der Waals surface area contributed by atoms with Crippen molar-refractivity contribution < 1.29 is 4.74 Å². The Balaban J connectivity index is 2.55. The fourth-order valence-corrected chi connectivity index (χ4v) is 2.67. The van der Waals surface area contributed by atoms with Crippen LogP contribution in [-0.2, 0) is 4.74 Å². The number of hydrogen-bond donors (Lipinski definition) is 0. The Morgan fingerprint density at radius 2 is 2.07 bits per heavy atom. The lowest BCUT2D eigenvalue weighted by molar-refractivity contribution is 0.0117. The van der Waals surface area contributed by atoms with Crippen LogP contribution in [-0.4, -0.2) is 42.1 Å². The highest BCUT2D eigenvalue weighted by Crippen LogP contribution is 2.29. The summed E-state index contributed by atoms with van der Waals surface area (Å²) in [6, 6.07) is 0.677. The molecule has 0 radical (unpaired) electrons. The number of hydrogen-bond acceptors (Lipinski definition) is 2. The van der Waals surface area contributed by atoms with Crippen molar-refractivity contribution in [3.8, 4) is 0 Å². The average molecular weight is 278 g/mol. The predicted octanol–water partition coefficient (Wildman–Crippen LogP) is 3.05. The first-order valence-corrected chi connectivity index (χ1v) is 6.95. The summed E-state index contributed by atoms with van der Waals surface area (Å²) in [7, 11) is 4.08. The van der Waals surface area contributed by atoms with E-state index in [1.165, 1.54) is 25.7 Å². The molecule has 1 aliphatic rings. The normalized spacial score (nSPS) is 28.4. The molecule has 0 aliphatic heterocycles. The highest BCUT2D eigenvalue weighted by molar-refractivity contribution is 9.09. The van der Waals surface area contributed by atoms with E-state index in [2.05, 4.69) is 41.7 Å². The second-order valence-corrected chi connectivity index (χ2v) is 5.80. The van der Waals surface area contributed by atoms with Crippen molar-refractivity contribution in [1.29, 1.82) is 0 Å². The minimum atomic E-state index is 0.236. The molecule has 0 spiro atoms. The largest absolute Gasteiger partial charge is 0.381 e. The molecule has 1 aliphatic carbocycles. The second-order valence-electron chi connectivity index (χ2n) is 5.24. The van der Waals surface area contributed by atoms with Gasteiger partial charge >= 0.3 is 0 Å². The van der Waals surface area contributed by atoms with Crippen LogP contribution >= 0.6 is 15.9 Å².